The minimum Gasteiger partial charge on any atom is -0.359 e. The molecule has 1 aromatic rings. The van der Waals surface area contributed by atoms with Crippen molar-refractivity contribution in [3.8, 4) is 0 Å². The molecule has 0 bridgehead atoms. The molecule has 1 atom stereocenters. The summed E-state index contributed by atoms with van der Waals surface area (Å²) in [5.41, 5.74) is 1.01. The number of nitrogens with zero attached hydrogens (tertiary/aromatic N) is 4. The van der Waals surface area contributed by atoms with Crippen molar-refractivity contribution in [2.75, 3.05) is 39.8 Å². The van der Waals surface area contributed by atoms with Gasteiger partial charge >= 0.3 is 0 Å². The van der Waals surface area contributed by atoms with E-state index in [0.717, 1.165) is 36.4 Å². The molecule has 1 unspecified atom stereocenters. The largest absolute Gasteiger partial charge is 0.359 e. The quantitative estimate of drug-likeness (QED) is 0.662. The van der Waals surface area contributed by atoms with E-state index in [4.69, 9.17) is 4.52 Å². The van der Waals surface area contributed by atoms with Crippen molar-refractivity contribution in [2.45, 2.75) is 45.6 Å². The summed E-state index contributed by atoms with van der Waals surface area (Å²) in [5.74, 6) is 3.00. The molecule has 3 heterocycles. The molecule has 2 aliphatic heterocycles. The molecular formula is C18H31N5O. The highest BCUT2D eigenvalue weighted by Crippen LogP contribution is 2.20. The zero-order chi connectivity index (χ0) is 16.9. The first-order valence-electron chi connectivity index (χ1n) is 9.29. The average molecular weight is 333 g/mol. The van der Waals surface area contributed by atoms with E-state index in [1.165, 1.54) is 38.9 Å². The maximum Gasteiger partial charge on any atom is 0.194 e. The van der Waals surface area contributed by atoms with Crippen molar-refractivity contribution >= 4 is 5.96 Å². The van der Waals surface area contributed by atoms with E-state index in [0.29, 0.717) is 12.5 Å². The minimum atomic E-state index is 0.395. The Hall–Kier alpha value is -1.56. The summed E-state index contributed by atoms with van der Waals surface area (Å²) in [4.78, 5) is 9.44. The molecule has 0 radical (unpaired) electrons. The summed E-state index contributed by atoms with van der Waals surface area (Å²) in [5, 5.41) is 7.54. The van der Waals surface area contributed by atoms with Gasteiger partial charge in [0.15, 0.2) is 11.7 Å². The van der Waals surface area contributed by atoms with Gasteiger partial charge in [-0.3, -0.25) is 4.99 Å². The summed E-state index contributed by atoms with van der Waals surface area (Å²) in [6.45, 7) is 10.9. The smallest absolute Gasteiger partial charge is 0.194 e. The van der Waals surface area contributed by atoms with Crippen LogP contribution >= 0.6 is 0 Å². The van der Waals surface area contributed by atoms with Gasteiger partial charge < -0.3 is 19.6 Å². The van der Waals surface area contributed by atoms with Gasteiger partial charge in [-0.1, -0.05) is 19.0 Å². The second kappa shape index (κ2) is 8.01. The lowest BCUT2D eigenvalue weighted by atomic mass is 10.1. The van der Waals surface area contributed by atoms with Gasteiger partial charge in [0.25, 0.3) is 0 Å². The van der Waals surface area contributed by atoms with Crippen LogP contribution in [0.1, 0.15) is 50.5 Å². The molecule has 6 heteroatoms. The molecule has 3 rings (SSSR count). The fourth-order valence-corrected chi connectivity index (χ4v) is 3.69. The van der Waals surface area contributed by atoms with E-state index in [1.807, 2.05) is 13.1 Å². The van der Waals surface area contributed by atoms with Crippen molar-refractivity contribution in [3.63, 3.8) is 0 Å². The number of aliphatic imine (C=N–C) groups is 1. The Morgan fingerprint density at radius 2 is 2.17 bits per heavy atom. The number of rotatable bonds is 5. The maximum absolute atomic E-state index is 5.40. The monoisotopic (exact) mass is 333 g/mol. The lowest BCUT2D eigenvalue weighted by molar-refractivity contribution is 0.281. The number of guanidine groups is 1. The van der Waals surface area contributed by atoms with Crippen LogP contribution in [-0.4, -0.2) is 60.7 Å². The second-order valence-corrected chi connectivity index (χ2v) is 7.38. The Kier molecular flexibility index (Phi) is 5.76. The fraction of sp³-hybridized carbons (Fsp3) is 0.778. The maximum atomic E-state index is 5.40. The first kappa shape index (κ1) is 17.3. The van der Waals surface area contributed by atoms with Crippen LogP contribution in [0.3, 0.4) is 0 Å². The fourth-order valence-electron chi connectivity index (χ4n) is 3.69. The van der Waals surface area contributed by atoms with Gasteiger partial charge in [0.05, 0.1) is 12.2 Å². The lowest BCUT2D eigenvalue weighted by Crippen LogP contribution is -2.40. The van der Waals surface area contributed by atoms with Crippen LogP contribution in [0.2, 0.25) is 0 Å². The van der Waals surface area contributed by atoms with Gasteiger partial charge in [0.1, 0.15) is 0 Å². The molecule has 134 valence electrons. The first-order chi connectivity index (χ1) is 11.7. The van der Waals surface area contributed by atoms with Crippen LogP contribution < -0.4 is 5.32 Å². The van der Waals surface area contributed by atoms with E-state index in [9.17, 15) is 0 Å². The molecule has 0 aliphatic carbocycles. The van der Waals surface area contributed by atoms with Crippen LogP contribution in [0.25, 0.3) is 0 Å². The third-order valence-electron chi connectivity index (χ3n) is 5.10. The van der Waals surface area contributed by atoms with E-state index in [2.05, 4.69) is 39.1 Å². The van der Waals surface area contributed by atoms with Crippen molar-refractivity contribution in [1.82, 2.24) is 20.3 Å². The Morgan fingerprint density at radius 3 is 2.83 bits per heavy atom. The van der Waals surface area contributed by atoms with Crippen molar-refractivity contribution in [1.29, 1.82) is 0 Å². The van der Waals surface area contributed by atoms with Crippen LogP contribution in [-0.2, 0) is 6.54 Å². The van der Waals surface area contributed by atoms with Crippen LogP contribution in [0.5, 0.6) is 0 Å². The highest BCUT2D eigenvalue weighted by atomic mass is 16.5. The molecule has 0 spiro atoms. The molecule has 1 aromatic heterocycles. The minimum absolute atomic E-state index is 0.395. The average Bonchev–Trinajstić information content (AvgIpc) is 3.30. The number of hydrogen-bond acceptors (Lipinski definition) is 4. The molecule has 2 fully saturated rings. The van der Waals surface area contributed by atoms with E-state index < -0.39 is 0 Å². The highest BCUT2D eigenvalue weighted by molar-refractivity contribution is 5.80. The number of aromatic nitrogens is 1. The molecule has 0 amide bonds. The third-order valence-corrected chi connectivity index (χ3v) is 5.10. The Balaban J connectivity index is 1.47. The van der Waals surface area contributed by atoms with Crippen molar-refractivity contribution < 1.29 is 4.52 Å². The van der Waals surface area contributed by atoms with Crippen molar-refractivity contribution in [2.24, 2.45) is 10.9 Å². The Bertz CT molecular complexity index is 547. The van der Waals surface area contributed by atoms with Gasteiger partial charge in [0, 0.05) is 32.7 Å². The van der Waals surface area contributed by atoms with Crippen LogP contribution in [0.4, 0.5) is 0 Å². The molecule has 24 heavy (non-hydrogen) atoms. The van der Waals surface area contributed by atoms with Gasteiger partial charge in [-0.05, 0) is 44.2 Å². The Labute approximate surface area is 145 Å². The van der Waals surface area contributed by atoms with Crippen molar-refractivity contribution in [3.05, 3.63) is 17.5 Å². The lowest BCUT2D eigenvalue weighted by Gasteiger charge is -2.23. The second-order valence-electron chi connectivity index (χ2n) is 7.38. The van der Waals surface area contributed by atoms with E-state index >= 15 is 0 Å². The highest BCUT2D eigenvalue weighted by Gasteiger charge is 2.27. The first-order valence-corrected chi connectivity index (χ1v) is 9.29. The molecule has 0 aromatic carbocycles. The SMILES string of the molecule is CN=C(NCc1cc(C(C)C)no1)N1CCC(CN2CCCC2)C1. The van der Waals surface area contributed by atoms with Gasteiger partial charge in [-0.15, -0.1) is 0 Å². The summed E-state index contributed by atoms with van der Waals surface area (Å²) in [7, 11) is 1.86. The number of likely N-dealkylation sites (tertiary alicyclic amines) is 2. The predicted octanol–water partition coefficient (Wildman–Crippen LogP) is 2.29. The summed E-state index contributed by atoms with van der Waals surface area (Å²) < 4.78 is 5.40. The Morgan fingerprint density at radius 1 is 1.38 bits per heavy atom. The number of nitrogens with one attached hydrogen (secondary N) is 1. The zero-order valence-electron chi connectivity index (χ0n) is 15.3. The predicted molar refractivity (Wildman–Crippen MR) is 96.1 cm³/mol. The van der Waals surface area contributed by atoms with E-state index in [-0.39, 0.29) is 0 Å². The topological polar surface area (TPSA) is 56.9 Å². The van der Waals surface area contributed by atoms with Gasteiger partial charge in [-0.2, -0.15) is 0 Å². The standard InChI is InChI=1S/C18H31N5O/c1-14(2)17-10-16(24-21-17)11-20-18(19-3)23-9-6-15(13-23)12-22-7-4-5-8-22/h10,14-15H,4-9,11-13H2,1-3H3,(H,19,20). The third kappa shape index (κ3) is 4.29. The zero-order valence-corrected chi connectivity index (χ0v) is 15.3. The molecule has 2 aliphatic rings. The molecular weight excluding hydrogens is 302 g/mol. The van der Waals surface area contributed by atoms with Gasteiger partial charge in [0.2, 0.25) is 0 Å². The molecule has 1 N–H and O–H groups in total. The molecule has 2 saturated heterocycles. The molecule has 6 nitrogen and oxygen atoms in total. The summed E-state index contributed by atoms with van der Waals surface area (Å²) in [6.07, 6.45) is 4.00. The van der Waals surface area contributed by atoms with Gasteiger partial charge in [-0.25, -0.2) is 0 Å². The van der Waals surface area contributed by atoms with E-state index in [1.54, 1.807) is 0 Å². The summed E-state index contributed by atoms with van der Waals surface area (Å²) in [6, 6.07) is 2.03. The summed E-state index contributed by atoms with van der Waals surface area (Å²) >= 11 is 0. The number of hydrogen-bond donors (Lipinski definition) is 1. The molecule has 0 saturated carbocycles. The van der Waals surface area contributed by atoms with Crippen LogP contribution in [0, 0.1) is 5.92 Å². The normalized spacial score (nSPS) is 22.8. The van der Waals surface area contributed by atoms with Crippen LogP contribution in [0.15, 0.2) is 15.6 Å².